The minimum Gasteiger partial charge on any atom is -0.477 e. The van der Waals surface area contributed by atoms with Gasteiger partial charge in [0, 0.05) is 10.5 Å². The fraction of sp³-hybridized carbons (Fsp3) is 0.278. The number of nitrogens with one attached hydrogen (secondary N) is 1. The van der Waals surface area contributed by atoms with E-state index in [-0.39, 0.29) is 5.70 Å². The molecule has 0 saturated carbocycles. The largest absolute Gasteiger partial charge is 0.477 e. The predicted molar refractivity (Wildman–Crippen MR) is 104 cm³/mol. The van der Waals surface area contributed by atoms with Crippen LogP contribution in [-0.4, -0.2) is 45.0 Å². The molecule has 9 heteroatoms. The number of carbonyl (C=O) groups is 3. The molecule has 0 aliphatic carbocycles. The van der Waals surface area contributed by atoms with Gasteiger partial charge in [0.05, 0.1) is 0 Å². The molecule has 4 N–H and O–H groups in total. The van der Waals surface area contributed by atoms with Crippen LogP contribution in [0.4, 0.5) is 0 Å². The molecule has 0 spiro atoms. The third-order valence-electron chi connectivity index (χ3n) is 4.79. The second kappa shape index (κ2) is 6.66. The number of carboxylic acids is 1. The van der Waals surface area contributed by atoms with Crippen molar-refractivity contribution in [3.63, 3.8) is 0 Å². The average molecular weight is 403 g/mol. The van der Waals surface area contributed by atoms with E-state index >= 15 is 0 Å². The van der Waals surface area contributed by atoms with Crippen molar-refractivity contribution in [1.82, 2.24) is 10.2 Å². The molecule has 1 unspecified atom stereocenters. The SMILES string of the molecule is CC1=C(C(=O)O)N2C(=O)[C@@H](NC(=O)C(N)c3cccc4ccsc34)[C@H]2SC1. The van der Waals surface area contributed by atoms with Crippen molar-refractivity contribution in [3.8, 4) is 0 Å². The number of aliphatic carboxylic acids is 1. The molecule has 2 aliphatic heterocycles. The number of nitrogens with two attached hydrogens (primary N) is 1. The monoisotopic (exact) mass is 403 g/mol. The lowest BCUT2D eigenvalue weighted by molar-refractivity contribution is -0.150. The van der Waals surface area contributed by atoms with Gasteiger partial charge in [-0.1, -0.05) is 18.2 Å². The number of carboxylic acid groups (broad SMARTS) is 1. The van der Waals surface area contributed by atoms with E-state index < -0.39 is 35.2 Å². The molecule has 2 aliphatic rings. The van der Waals surface area contributed by atoms with Gasteiger partial charge in [0.1, 0.15) is 23.2 Å². The highest BCUT2D eigenvalue weighted by Crippen LogP contribution is 2.40. The molecule has 27 heavy (non-hydrogen) atoms. The summed E-state index contributed by atoms with van der Waals surface area (Å²) in [4.78, 5) is 37.9. The molecule has 7 nitrogen and oxygen atoms in total. The van der Waals surface area contributed by atoms with Gasteiger partial charge in [-0.2, -0.15) is 0 Å². The zero-order valence-electron chi connectivity index (χ0n) is 14.3. The van der Waals surface area contributed by atoms with E-state index in [1.165, 1.54) is 28.0 Å². The first-order valence-electron chi connectivity index (χ1n) is 8.30. The van der Waals surface area contributed by atoms with Crippen molar-refractivity contribution < 1.29 is 19.5 Å². The van der Waals surface area contributed by atoms with Crippen molar-refractivity contribution in [2.24, 2.45) is 5.73 Å². The number of β-lactam (4-membered cyclic amide) rings is 1. The van der Waals surface area contributed by atoms with Crippen LogP contribution in [0, 0.1) is 0 Å². The summed E-state index contributed by atoms with van der Waals surface area (Å²) in [6, 6.07) is 5.90. The van der Waals surface area contributed by atoms with Crippen LogP contribution in [0.25, 0.3) is 10.1 Å². The number of hydrogen-bond donors (Lipinski definition) is 3. The zero-order valence-corrected chi connectivity index (χ0v) is 16.0. The predicted octanol–water partition coefficient (Wildman–Crippen LogP) is 1.66. The summed E-state index contributed by atoms with van der Waals surface area (Å²) >= 11 is 2.95. The second-order valence-corrected chi connectivity index (χ2v) is 8.52. The van der Waals surface area contributed by atoms with E-state index in [0.29, 0.717) is 16.9 Å². The highest BCUT2D eigenvalue weighted by molar-refractivity contribution is 8.00. The van der Waals surface area contributed by atoms with Gasteiger partial charge < -0.3 is 16.2 Å². The zero-order chi connectivity index (χ0) is 19.3. The van der Waals surface area contributed by atoms with Crippen molar-refractivity contribution in [2.75, 3.05) is 5.75 Å². The minimum atomic E-state index is -1.13. The third-order valence-corrected chi connectivity index (χ3v) is 7.19. The van der Waals surface area contributed by atoms with Crippen LogP contribution in [0.1, 0.15) is 18.5 Å². The molecule has 1 aromatic heterocycles. The van der Waals surface area contributed by atoms with E-state index in [1.54, 1.807) is 6.92 Å². The van der Waals surface area contributed by atoms with Gasteiger partial charge in [0.2, 0.25) is 5.91 Å². The molecule has 0 bridgehead atoms. The minimum absolute atomic E-state index is 0.0156. The van der Waals surface area contributed by atoms with Gasteiger partial charge in [0.15, 0.2) is 0 Å². The van der Waals surface area contributed by atoms with Crippen molar-refractivity contribution >= 4 is 51.0 Å². The number of carbonyl (C=O) groups excluding carboxylic acids is 2. The Morgan fingerprint density at radius 2 is 2.15 bits per heavy atom. The molecule has 1 aromatic carbocycles. The number of thioether (sulfide) groups is 1. The topological polar surface area (TPSA) is 113 Å². The van der Waals surface area contributed by atoms with E-state index in [4.69, 9.17) is 5.73 Å². The fourth-order valence-electron chi connectivity index (χ4n) is 3.42. The Hall–Kier alpha value is -2.36. The molecule has 140 valence electrons. The van der Waals surface area contributed by atoms with Gasteiger partial charge in [-0.3, -0.25) is 14.5 Å². The molecule has 1 saturated heterocycles. The molecule has 0 radical (unpaired) electrons. The molecule has 1 fully saturated rings. The Morgan fingerprint density at radius 3 is 2.89 bits per heavy atom. The number of amides is 2. The van der Waals surface area contributed by atoms with Crippen LogP contribution in [0.2, 0.25) is 0 Å². The van der Waals surface area contributed by atoms with Crippen molar-refractivity contribution in [1.29, 1.82) is 0 Å². The quantitative estimate of drug-likeness (QED) is 0.669. The second-order valence-electron chi connectivity index (χ2n) is 6.49. The van der Waals surface area contributed by atoms with Crippen LogP contribution >= 0.6 is 23.1 Å². The highest BCUT2D eigenvalue weighted by atomic mass is 32.2. The maximum absolute atomic E-state index is 12.7. The van der Waals surface area contributed by atoms with Crippen LogP contribution in [0.15, 0.2) is 40.9 Å². The number of nitrogens with zero attached hydrogens (tertiary/aromatic N) is 1. The molecule has 3 atom stereocenters. The number of rotatable bonds is 4. The number of benzene rings is 1. The number of thiophene rings is 1. The average Bonchev–Trinajstić information content (AvgIpc) is 3.13. The van der Waals surface area contributed by atoms with Crippen molar-refractivity contribution in [3.05, 3.63) is 46.5 Å². The first kappa shape index (κ1) is 18.0. The Bertz CT molecular complexity index is 999. The Kier molecular flexibility index (Phi) is 4.45. The lowest BCUT2D eigenvalue weighted by Gasteiger charge is -2.49. The third kappa shape index (κ3) is 2.82. The van der Waals surface area contributed by atoms with Crippen molar-refractivity contribution in [2.45, 2.75) is 24.4 Å². The normalized spacial score (nSPS) is 23.0. The van der Waals surface area contributed by atoms with Gasteiger partial charge in [-0.05, 0) is 34.9 Å². The molecule has 2 amide bonds. The summed E-state index contributed by atoms with van der Waals surface area (Å²) in [7, 11) is 0. The molecular formula is C18H17N3O4S2. The number of fused-ring (bicyclic) bond motifs is 2. The molecule has 3 heterocycles. The molecule has 4 rings (SSSR count). The van der Waals surface area contributed by atoms with E-state index in [9.17, 15) is 19.5 Å². The Balaban J connectivity index is 1.52. The van der Waals surface area contributed by atoms with Crippen LogP contribution < -0.4 is 11.1 Å². The molecule has 2 aromatic rings. The highest BCUT2D eigenvalue weighted by Gasteiger charge is 2.53. The maximum Gasteiger partial charge on any atom is 0.352 e. The Morgan fingerprint density at radius 1 is 1.37 bits per heavy atom. The standard InChI is InChI=1S/C18H17N3O4S2/c1-8-7-27-17-12(16(23)21(17)13(8)18(24)25)20-15(22)11(19)10-4-2-3-9-5-6-26-14(9)10/h2-6,11-12,17H,7,19H2,1H3,(H,20,22)(H,24,25)/t11?,12-,17-/m1/s1. The lowest BCUT2D eigenvalue weighted by Crippen LogP contribution is -2.71. The van der Waals surface area contributed by atoms with Gasteiger partial charge in [-0.15, -0.1) is 23.1 Å². The maximum atomic E-state index is 12.7. The van der Waals surface area contributed by atoms with E-state index in [2.05, 4.69) is 5.32 Å². The fourth-order valence-corrected chi connectivity index (χ4v) is 5.67. The van der Waals surface area contributed by atoms with Crippen LogP contribution in [-0.2, 0) is 14.4 Å². The molecular weight excluding hydrogens is 386 g/mol. The number of hydrogen-bond acceptors (Lipinski definition) is 6. The summed E-state index contributed by atoms with van der Waals surface area (Å²) < 4.78 is 0.945. The van der Waals surface area contributed by atoms with Gasteiger partial charge in [-0.25, -0.2) is 4.79 Å². The smallest absolute Gasteiger partial charge is 0.352 e. The van der Waals surface area contributed by atoms with E-state index in [0.717, 1.165) is 10.1 Å². The van der Waals surface area contributed by atoms with Crippen LogP contribution in [0.5, 0.6) is 0 Å². The Labute approximate surface area is 163 Å². The summed E-state index contributed by atoms with van der Waals surface area (Å²) in [6.45, 7) is 1.70. The van der Waals surface area contributed by atoms with E-state index in [1.807, 2.05) is 29.6 Å². The summed E-state index contributed by atoms with van der Waals surface area (Å²) in [5, 5.41) is 14.6. The van der Waals surface area contributed by atoms with Gasteiger partial charge in [0.25, 0.3) is 5.91 Å². The van der Waals surface area contributed by atoms with Gasteiger partial charge >= 0.3 is 5.97 Å². The summed E-state index contributed by atoms with van der Waals surface area (Å²) in [5.41, 5.74) is 7.53. The summed E-state index contributed by atoms with van der Waals surface area (Å²) in [6.07, 6.45) is 0. The first-order chi connectivity index (χ1) is 12.9. The lowest BCUT2D eigenvalue weighted by atomic mass is 10.0. The summed E-state index contributed by atoms with van der Waals surface area (Å²) in [5.74, 6) is -1.49. The van der Waals surface area contributed by atoms with Crippen LogP contribution in [0.3, 0.4) is 0 Å². The first-order valence-corrected chi connectivity index (χ1v) is 10.2.